The molecular weight excluding hydrogens is 182 g/mol. The van der Waals surface area contributed by atoms with Crippen LogP contribution in [-0.4, -0.2) is 51.3 Å². The number of ether oxygens (including phenoxy) is 3. The van der Waals surface area contributed by atoms with Crippen molar-refractivity contribution in [3.63, 3.8) is 0 Å². The van der Waals surface area contributed by atoms with Crippen molar-refractivity contribution >= 4 is 0 Å². The zero-order valence-corrected chi connectivity index (χ0v) is 10.2. The van der Waals surface area contributed by atoms with E-state index in [1.54, 1.807) is 7.11 Å². The number of methoxy groups -OCH3 is 1. The Bertz CT molecular complexity index is 148. The van der Waals surface area contributed by atoms with E-state index in [0.717, 1.165) is 6.54 Å². The fourth-order valence-corrected chi connectivity index (χ4v) is 0.883. The molecule has 0 aliphatic carbocycles. The van der Waals surface area contributed by atoms with Crippen molar-refractivity contribution in [2.24, 2.45) is 0 Å². The molecule has 1 atom stereocenters. The summed E-state index contributed by atoms with van der Waals surface area (Å²) in [6, 6.07) is 0. The molecule has 0 heterocycles. The molecule has 4 nitrogen and oxygen atoms in total. The third-order valence-corrected chi connectivity index (χ3v) is 1.83. The average molecular weight is 205 g/mol. The van der Waals surface area contributed by atoms with Gasteiger partial charge in [0.25, 0.3) is 0 Å². The van der Waals surface area contributed by atoms with E-state index in [2.05, 4.69) is 4.90 Å². The Balaban J connectivity index is 3.60. The van der Waals surface area contributed by atoms with Gasteiger partial charge < -0.3 is 19.1 Å². The second kappa shape index (κ2) is 6.35. The molecule has 0 saturated carbocycles. The third-order valence-electron chi connectivity index (χ3n) is 1.83. The summed E-state index contributed by atoms with van der Waals surface area (Å²) in [6.07, 6.45) is -0.245. The molecule has 4 heteroatoms. The van der Waals surface area contributed by atoms with Crippen LogP contribution in [0.5, 0.6) is 0 Å². The molecule has 0 fully saturated rings. The van der Waals surface area contributed by atoms with Crippen molar-refractivity contribution in [3.05, 3.63) is 0 Å². The van der Waals surface area contributed by atoms with Crippen LogP contribution in [0.25, 0.3) is 0 Å². The molecule has 14 heavy (non-hydrogen) atoms. The normalized spacial score (nSPS) is 14.8. The Morgan fingerprint density at radius 1 is 1.29 bits per heavy atom. The maximum absolute atomic E-state index is 5.51. The second-order valence-corrected chi connectivity index (χ2v) is 3.96. The van der Waals surface area contributed by atoms with Crippen LogP contribution in [0.2, 0.25) is 0 Å². The monoisotopic (exact) mass is 205 g/mol. The lowest BCUT2D eigenvalue weighted by Gasteiger charge is -2.27. The van der Waals surface area contributed by atoms with Gasteiger partial charge >= 0.3 is 0 Å². The number of rotatable bonds is 7. The van der Waals surface area contributed by atoms with Crippen LogP contribution < -0.4 is 0 Å². The van der Waals surface area contributed by atoms with E-state index in [0.29, 0.717) is 6.61 Å². The minimum atomic E-state index is -0.586. The molecular formula is C10H23NO3. The fraction of sp³-hybridized carbons (Fsp3) is 1.00. The van der Waals surface area contributed by atoms with Gasteiger partial charge in [0.15, 0.2) is 12.1 Å². The van der Waals surface area contributed by atoms with Gasteiger partial charge in [0.1, 0.15) is 0 Å². The van der Waals surface area contributed by atoms with Crippen LogP contribution >= 0.6 is 0 Å². The number of hydrogen-bond acceptors (Lipinski definition) is 4. The molecule has 0 aliphatic heterocycles. The summed E-state index contributed by atoms with van der Waals surface area (Å²) in [5.41, 5.74) is 0. The van der Waals surface area contributed by atoms with Gasteiger partial charge in [0.05, 0.1) is 6.61 Å². The summed E-state index contributed by atoms with van der Waals surface area (Å²) >= 11 is 0. The second-order valence-electron chi connectivity index (χ2n) is 3.96. The fourth-order valence-electron chi connectivity index (χ4n) is 0.883. The van der Waals surface area contributed by atoms with Crippen molar-refractivity contribution in [2.75, 3.05) is 34.4 Å². The molecule has 0 aliphatic rings. The van der Waals surface area contributed by atoms with Crippen molar-refractivity contribution in [1.82, 2.24) is 4.90 Å². The maximum atomic E-state index is 5.51. The molecule has 0 aromatic rings. The van der Waals surface area contributed by atoms with E-state index in [1.165, 1.54) is 0 Å². The van der Waals surface area contributed by atoms with Gasteiger partial charge in [-0.25, -0.2) is 0 Å². The summed E-state index contributed by atoms with van der Waals surface area (Å²) in [5, 5.41) is 0. The number of nitrogens with zero attached hydrogens (tertiary/aromatic N) is 1. The predicted octanol–water partition coefficient (Wildman–Crippen LogP) is 1.31. The molecule has 0 aromatic heterocycles. The molecule has 0 saturated heterocycles. The average Bonchev–Trinajstić information content (AvgIpc) is 2.02. The Labute approximate surface area is 87.1 Å². The SMILES string of the molecule is COC(C)(C)OC(C)OCCN(C)C. The molecule has 0 aromatic carbocycles. The summed E-state index contributed by atoms with van der Waals surface area (Å²) in [5.74, 6) is -0.586. The van der Waals surface area contributed by atoms with Gasteiger partial charge in [-0.05, 0) is 34.9 Å². The first-order valence-electron chi connectivity index (χ1n) is 4.86. The predicted molar refractivity (Wildman–Crippen MR) is 56.1 cm³/mol. The highest BCUT2D eigenvalue weighted by molar-refractivity contribution is 4.52. The first kappa shape index (κ1) is 13.8. The molecule has 0 N–H and O–H groups in total. The maximum Gasteiger partial charge on any atom is 0.165 e. The van der Waals surface area contributed by atoms with Crippen LogP contribution in [0, 0.1) is 0 Å². The van der Waals surface area contributed by atoms with Crippen LogP contribution in [-0.2, 0) is 14.2 Å². The quantitative estimate of drug-likeness (QED) is 0.586. The van der Waals surface area contributed by atoms with Crippen molar-refractivity contribution < 1.29 is 14.2 Å². The highest BCUT2D eigenvalue weighted by atomic mass is 16.8. The van der Waals surface area contributed by atoms with Crippen molar-refractivity contribution in [3.8, 4) is 0 Å². The molecule has 0 rings (SSSR count). The van der Waals surface area contributed by atoms with E-state index in [9.17, 15) is 0 Å². The Hall–Kier alpha value is -0.160. The lowest BCUT2D eigenvalue weighted by molar-refractivity contribution is -0.279. The van der Waals surface area contributed by atoms with Crippen LogP contribution in [0.15, 0.2) is 0 Å². The van der Waals surface area contributed by atoms with Gasteiger partial charge in [0, 0.05) is 13.7 Å². The van der Waals surface area contributed by atoms with Gasteiger partial charge in [-0.1, -0.05) is 0 Å². The van der Waals surface area contributed by atoms with Crippen molar-refractivity contribution in [2.45, 2.75) is 32.8 Å². The zero-order chi connectivity index (χ0) is 11.2. The molecule has 1 unspecified atom stereocenters. The Morgan fingerprint density at radius 2 is 1.86 bits per heavy atom. The topological polar surface area (TPSA) is 30.9 Å². The highest BCUT2D eigenvalue weighted by Gasteiger charge is 2.20. The van der Waals surface area contributed by atoms with Gasteiger partial charge in [-0.15, -0.1) is 0 Å². The van der Waals surface area contributed by atoms with E-state index >= 15 is 0 Å². The minimum absolute atomic E-state index is 0.245. The zero-order valence-electron chi connectivity index (χ0n) is 10.2. The van der Waals surface area contributed by atoms with E-state index in [4.69, 9.17) is 14.2 Å². The Kier molecular flexibility index (Phi) is 6.27. The van der Waals surface area contributed by atoms with Crippen LogP contribution in [0.3, 0.4) is 0 Å². The molecule has 0 bridgehead atoms. The first-order valence-corrected chi connectivity index (χ1v) is 4.86. The smallest absolute Gasteiger partial charge is 0.165 e. The van der Waals surface area contributed by atoms with E-state index < -0.39 is 5.79 Å². The largest absolute Gasteiger partial charge is 0.354 e. The van der Waals surface area contributed by atoms with Crippen LogP contribution in [0.4, 0.5) is 0 Å². The van der Waals surface area contributed by atoms with Crippen LogP contribution in [0.1, 0.15) is 20.8 Å². The summed E-state index contributed by atoms with van der Waals surface area (Å²) in [7, 11) is 5.63. The summed E-state index contributed by atoms with van der Waals surface area (Å²) in [4.78, 5) is 2.06. The minimum Gasteiger partial charge on any atom is -0.354 e. The first-order chi connectivity index (χ1) is 6.37. The van der Waals surface area contributed by atoms with E-state index in [1.807, 2.05) is 34.9 Å². The van der Waals surface area contributed by atoms with Crippen molar-refractivity contribution in [1.29, 1.82) is 0 Å². The van der Waals surface area contributed by atoms with Gasteiger partial charge in [0.2, 0.25) is 0 Å². The van der Waals surface area contributed by atoms with Gasteiger partial charge in [-0.2, -0.15) is 0 Å². The third kappa shape index (κ3) is 7.26. The lowest BCUT2D eigenvalue weighted by Crippen LogP contribution is -2.33. The highest BCUT2D eigenvalue weighted by Crippen LogP contribution is 2.12. The molecule has 0 spiro atoms. The summed E-state index contributed by atoms with van der Waals surface area (Å²) < 4.78 is 16.1. The number of hydrogen-bond donors (Lipinski definition) is 0. The van der Waals surface area contributed by atoms with Gasteiger partial charge in [-0.3, -0.25) is 0 Å². The molecule has 0 amide bonds. The standard InChI is InChI=1S/C10H23NO3/c1-9(13-8-7-11(4)5)14-10(2,3)12-6/h9H,7-8H2,1-6H3. The lowest BCUT2D eigenvalue weighted by atomic mass is 10.4. The summed E-state index contributed by atoms with van der Waals surface area (Å²) in [6.45, 7) is 7.14. The molecule has 0 radical (unpaired) electrons. The Morgan fingerprint density at radius 3 is 2.29 bits per heavy atom. The van der Waals surface area contributed by atoms with E-state index in [-0.39, 0.29) is 6.29 Å². The molecule has 86 valence electrons. The number of likely N-dealkylation sites (N-methyl/N-ethyl adjacent to an activating group) is 1.